The molecular formula is C32H37ClF2N6O2. The molecule has 3 aromatic rings. The summed E-state index contributed by atoms with van der Waals surface area (Å²) in [6.07, 6.45) is 5.88. The highest BCUT2D eigenvalue weighted by atomic mass is 35.5. The summed E-state index contributed by atoms with van der Waals surface area (Å²) in [5.74, 6) is -1.47. The molecule has 11 heteroatoms. The highest BCUT2D eigenvalue weighted by Crippen LogP contribution is 2.47. The molecule has 3 saturated heterocycles. The number of hydrogen-bond acceptors (Lipinski definition) is 6. The zero-order valence-corrected chi connectivity index (χ0v) is 25.3. The first-order valence-corrected chi connectivity index (χ1v) is 15.8. The third kappa shape index (κ3) is 5.36. The van der Waals surface area contributed by atoms with Gasteiger partial charge >= 0.3 is 0 Å². The van der Waals surface area contributed by atoms with Crippen LogP contribution in [0.2, 0.25) is 5.02 Å². The van der Waals surface area contributed by atoms with Gasteiger partial charge in [0.25, 0.3) is 0 Å². The summed E-state index contributed by atoms with van der Waals surface area (Å²) in [6, 6.07) is 8.48. The monoisotopic (exact) mass is 610 g/mol. The fraction of sp³-hybridized carbons (Fsp3) is 0.562. The number of nitrogens with zero attached hydrogens (tertiary/aromatic N) is 6. The van der Waals surface area contributed by atoms with Crippen LogP contribution in [0.3, 0.4) is 0 Å². The lowest BCUT2D eigenvalue weighted by atomic mass is 9.83. The molecule has 4 fully saturated rings. The maximum absolute atomic E-state index is 15.1. The van der Waals surface area contributed by atoms with Crippen molar-refractivity contribution in [3.8, 4) is 0 Å². The average molecular weight is 611 g/mol. The summed E-state index contributed by atoms with van der Waals surface area (Å²) in [6.45, 7) is 6.90. The molecule has 3 unspecified atom stereocenters. The molecule has 0 spiro atoms. The minimum Gasteiger partial charge on any atom is -0.375 e. The van der Waals surface area contributed by atoms with Crippen LogP contribution in [-0.4, -0.2) is 80.3 Å². The van der Waals surface area contributed by atoms with Gasteiger partial charge in [-0.15, -0.1) is 5.10 Å². The lowest BCUT2D eigenvalue weighted by molar-refractivity contribution is -0.137. The number of piperidine rings is 1. The van der Waals surface area contributed by atoms with Crippen LogP contribution < -0.4 is 0 Å². The van der Waals surface area contributed by atoms with Crippen LogP contribution in [0, 0.1) is 24.5 Å². The number of likely N-dealkylation sites (tertiary alicyclic amines) is 2. The number of fused-ring (bicyclic) bond motifs is 2. The topological polar surface area (TPSA) is 76.4 Å². The van der Waals surface area contributed by atoms with Gasteiger partial charge < -0.3 is 9.64 Å². The van der Waals surface area contributed by atoms with Gasteiger partial charge in [0.2, 0.25) is 5.91 Å². The standard InChI is InChI=1S/C32H37ClF2N6O2/c1-18-9-26(19(2)41-17-36-37-38-41)27(14-30(18)33)20-5-7-39(8-6-20)32(42)29-13-22(40-15-24-11-23(40)16-43-24)12-28(29)25-4-3-21(34)10-31(25)35/h3-4,9-10,14,17,19-20,22-24,28-29H,5-8,11-13,15-16H2,1-2H3/t19-,22?,23-,24-,28?,29?/m1/s1. The molecule has 4 heterocycles. The minimum atomic E-state index is -0.597. The van der Waals surface area contributed by atoms with E-state index in [2.05, 4.69) is 39.5 Å². The lowest BCUT2D eigenvalue weighted by Gasteiger charge is -2.36. The summed E-state index contributed by atoms with van der Waals surface area (Å²) < 4.78 is 36.5. The molecule has 6 atom stereocenters. The van der Waals surface area contributed by atoms with Crippen LogP contribution in [0.25, 0.3) is 0 Å². The summed E-state index contributed by atoms with van der Waals surface area (Å²) >= 11 is 6.61. The quantitative estimate of drug-likeness (QED) is 0.379. The van der Waals surface area contributed by atoms with Gasteiger partial charge in [-0.2, -0.15) is 0 Å². The van der Waals surface area contributed by atoms with E-state index in [1.165, 1.54) is 17.7 Å². The van der Waals surface area contributed by atoms with Crippen molar-refractivity contribution in [2.75, 3.05) is 26.2 Å². The van der Waals surface area contributed by atoms with Gasteiger partial charge in [0.15, 0.2) is 0 Å². The fourth-order valence-corrected chi connectivity index (χ4v) is 8.32. The number of amides is 1. The Hall–Kier alpha value is -2.95. The van der Waals surface area contributed by atoms with Crippen LogP contribution >= 0.6 is 11.6 Å². The maximum atomic E-state index is 15.1. The van der Waals surface area contributed by atoms with Gasteiger partial charge in [0, 0.05) is 48.7 Å². The summed E-state index contributed by atoms with van der Waals surface area (Å²) in [7, 11) is 0. The third-order valence-corrected chi connectivity index (χ3v) is 10.9. The largest absolute Gasteiger partial charge is 0.375 e. The number of aromatic nitrogens is 4. The number of carbonyl (C=O) groups is 1. The number of morpholine rings is 1. The van der Waals surface area contributed by atoms with E-state index in [0.29, 0.717) is 37.5 Å². The molecule has 4 aliphatic rings. The highest BCUT2D eigenvalue weighted by molar-refractivity contribution is 6.31. The van der Waals surface area contributed by atoms with Crippen molar-refractivity contribution in [2.45, 2.75) is 82.0 Å². The first-order chi connectivity index (χ1) is 20.8. The van der Waals surface area contributed by atoms with Crippen LogP contribution in [-0.2, 0) is 9.53 Å². The molecule has 1 aromatic heterocycles. The van der Waals surface area contributed by atoms with Crippen molar-refractivity contribution in [1.29, 1.82) is 0 Å². The van der Waals surface area contributed by atoms with E-state index in [-0.39, 0.29) is 41.8 Å². The predicted octanol–water partition coefficient (Wildman–Crippen LogP) is 5.26. The number of halogens is 3. The third-order valence-electron chi connectivity index (χ3n) is 10.5. The van der Waals surface area contributed by atoms with Crippen LogP contribution in [0.1, 0.15) is 79.2 Å². The number of tetrazole rings is 1. The predicted molar refractivity (Wildman–Crippen MR) is 157 cm³/mol. The van der Waals surface area contributed by atoms with E-state index in [4.69, 9.17) is 16.3 Å². The van der Waals surface area contributed by atoms with E-state index >= 15 is 4.39 Å². The molecule has 2 bridgehead atoms. The Morgan fingerprint density at radius 3 is 2.56 bits per heavy atom. The van der Waals surface area contributed by atoms with E-state index in [1.54, 1.807) is 11.0 Å². The Kier molecular flexibility index (Phi) is 7.72. The lowest BCUT2D eigenvalue weighted by Crippen LogP contribution is -2.44. The number of hydrogen-bond donors (Lipinski definition) is 0. The highest BCUT2D eigenvalue weighted by Gasteiger charge is 2.49. The van der Waals surface area contributed by atoms with Crippen LogP contribution in [0.5, 0.6) is 0 Å². The van der Waals surface area contributed by atoms with Crippen molar-refractivity contribution in [2.24, 2.45) is 5.92 Å². The Labute approximate surface area is 255 Å². The van der Waals surface area contributed by atoms with Gasteiger partial charge in [0.1, 0.15) is 18.0 Å². The second kappa shape index (κ2) is 11.5. The zero-order chi connectivity index (χ0) is 29.8. The van der Waals surface area contributed by atoms with E-state index < -0.39 is 11.6 Å². The number of aryl methyl sites for hydroxylation is 1. The van der Waals surface area contributed by atoms with Gasteiger partial charge in [-0.1, -0.05) is 23.7 Å². The average Bonchev–Trinajstić information content (AvgIpc) is 3.83. The molecule has 228 valence electrons. The van der Waals surface area contributed by atoms with Crippen molar-refractivity contribution in [3.63, 3.8) is 0 Å². The van der Waals surface area contributed by atoms with Crippen molar-refractivity contribution >= 4 is 17.5 Å². The van der Waals surface area contributed by atoms with Gasteiger partial charge in [-0.3, -0.25) is 9.69 Å². The molecule has 0 radical (unpaired) electrons. The minimum absolute atomic E-state index is 0.0614. The molecule has 7 rings (SSSR count). The van der Waals surface area contributed by atoms with Gasteiger partial charge in [-0.25, -0.2) is 13.5 Å². The Morgan fingerprint density at radius 2 is 1.88 bits per heavy atom. The first-order valence-electron chi connectivity index (χ1n) is 15.4. The van der Waals surface area contributed by atoms with Crippen molar-refractivity contribution in [3.05, 3.63) is 75.6 Å². The number of carbonyl (C=O) groups excluding carboxylic acids is 1. The molecule has 0 N–H and O–H groups in total. The molecular weight excluding hydrogens is 574 g/mol. The van der Waals surface area contributed by atoms with E-state index in [0.717, 1.165) is 54.6 Å². The Bertz CT molecular complexity index is 1500. The Morgan fingerprint density at radius 1 is 1.07 bits per heavy atom. The Balaban J connectivity index is 1.10. The second-order valence-electron chi connectivity index (χ2n) is 12.8. The second-order valence-corrected chi connectivity index (χ2v) is 13.2. The summed E-state index contributed by atoms with van der Waals surface area (Å²) in [4.78, 5) is 18.6. The molecule has 1 aliphatic carbocycles. The van der Waals surface area contributed by atoms with Crippen LogP contribution in [0.4, 0.5) is 8.78 Å². The molecule has 43 heavy (non-hydrogen) atoms. The zero-order valence-electron chi connectivity index (χ0n) is 24.5. The summed E-state index contributed by atoms with van der Waals surface area (Å²) in [5.41, 5.74) is 3.76. The fourth-order valence-electron chi connectivity index (χ4n) is 8.15. The van der Waals surface area contributed by atoms with Crippen molar-refractivity contribution in [1.82, 2.24) is 30.0 Å². The molecule has 1 amide bonds. The molecule has 3 aliphatic heterocycles. The van der Waals surface area contributed by atoms with E-state index in [9.17, 15) is 9.18 Å². The number of rotatable bonds is 6. The van der Waals surface area contributed by atoms with E-state index in [1.807, 2.05) is 11.8 Å². The normalized spacial score (nSPS) is 28.6. The van der Waals surface area contributed by atoms with Crippen molar-refractivity contribution < 1.29 is 18.3 Å². The molecule has 1 saturated carbocycles. The number of benzene rings is 2. The van der Waals surface area contributed by atoms with Crippen LogP contribution in [0.15, 0.2) is 36.7 Å². The molecule has 2 aromatic carbocycles. The SMILES string of the molecule is Cc1cc([C@@H](C)n2cnnn2)c(C2CCN(C(=O)C3CC(N4C[C@H]5C[C@@H]4CO5)CC3c3ccc(F)cc3F)CC2)cc1Cl. The maximum Gasteiger partial charge on any atom is 0.226 e. The first kappa shape index (κ1) is 28.8. The van der Waals surface area contributed by atoms with Gasteiger partial charge in [-0.05, 0) is 103 Å². The smallest absolute Gasteiger partial charge is 0.226 e. The summed E-state index contributed by atoms with van der Waals surface area (Å²) in [5, 5.41) is 12.5. The van der Waals surface area contributed by atoms with Gasteiger partial charge in [0.05, 0.1) is 18.8 Å². The number of ether oxygens (including phenoxy) is 1. The molecule has 8 nitrogen and oxygen atoms in total.